The minimum Gasteiger partial charge on any atom is -0.461 e. The highest BCUT2D eigenvalue weighted by Gasteiger charge is 2.12. The number of amides is 1. The van der Waals surface area contributed by atoms with Gasteiger partial charge in [-0.1, -0.05) is 23.4 Å². The lowest BCUT2D eigenvalue weighted by Gasteiger charge is -2.04. The largest absolute Gasteiger partial charge is 0.461 e. The third-order valence-corrected chi connectivity index (χ3v) is 4.53. The predicted molar refractivity (Wildman–Crippen MR) is 95.1 cm³/mol. The molecule has 0 unspecified atom stereocenters. The summed E-state index contributed by atoms with van der Waals surface area (Å²) in [6, 6.07) is 13.8. The minimum atomic E-state index is -0.0116. The molecule has 1 amide bonds. The van der Waals surface area contributed by atoms with Crippen LogP contribution >= 0.6 is 11.8 Å². The molecule has 0 atom stereocenters. The quantitative estimate of drug-likeness (QED) is 0.466. The molecule has 2 heterocycles. The van der Waals surface area contributed by atoms with E-state index in [9.17, 15) is 4.79 Å². The van der Waals surface area contributed by atoms with Gasteiger partial charge < -0.3 is 14.3 Å². The van der Waals surface area contributed by atoms with Gasteiger partial charge in [-0.2, -0.15) is 4.98 Å². The number of benzene rings is 1. The van der Waals surface area contributed by atoms with Crippen molar-refractivity contribution in [3.63, 3.8) is 0 Å². The van der Waals surface area contributed by atoms with Crippen molar-refractivity contribution < 1.29 is 13.7 Å². The molecule has 0 spiro atoms. The summed E-state index contributed by atoms with van der Waals surface area (Å²) in [5, 5.41) is 6.75. The molecule has 25 heavy (non-hydrogen) atoms. The van der Waals surface area contributed by atoms with E-state index in [1.807, 2.05) is 18.2 Å². The van der Waals surface area contributed by atoms with Crippen LogP contribution in [0, 0.1) is 0 Å². The van der Waals surface area contributed by atoms with Crippen LogP contribution in [-0.4, -0.2) is 28.3 Å². The molecule has 3 aromatic rings. The molecule has 2 aromatic heterocycles. The number of nitrogens with one attached hydrogen (secondary N) is 1. The van der Waals surface area contributed by atoms with Crippen LogP contribution in [0.25, 0.3) is 11.6 Å². The second-order valence-electron chi connectivity index (χ2n) is 5.35. The van der Waals surface area contributed by atoms with E-state index in [4.69, 9.17) is 8.94 Å². The minimum absolute atomic E-state index is 0.0116. The molecule has 1 N–H and O–H groups in total. The average Bonchev–Trinajstić information content (AvgIpc) is 3.32. The number of rotatable bonds is 9. The molecule has 6 nitrogen and oxygen atoms in total. The van der Waals surface area contributed by atoms with Crippen LogP contribution in [0.3, 0.4) is 0 Å². The second-order valence-corrected chi connectivity index (χ2v) is 6.52. The van der Waals surface area contributed by atoms with Gasteiger partial charge in [-0.25, -0.2) is 0 Å². The van der Waals surface area contributed by atoms with Crippen molar-refractivity contribution in [3.8, 4) is 11.6 Å². The molecule has 0 radical (unpaired) electrons. The lowest BCUT2D eigenvalue weighted by Crippen LogP contribution is -2.25. The Balaban J connectivity index is 1.30. The summed E-state index contributed by atoms with van der Waals surface area (Å²) in [5.74, 6) is 2.35. The first kappa shape index (κ1) is 17.3. The van der Waals surface area contributed by atoms with Crippen molar-refractivity contribution in [3.05, 3.63) is 54.6 Å². The maximum Gasteiger partial charge on any atom is 0.238 e. The Bertz CT molecular complexity index is 772. The van der Waals surface area contributed by atoms with Crippen LogP contribution in [0.4, 0.5) is 0 Å². The number of carbonyl (C=O) groups excluding carboxylic acids is 1. The Labute approximate surface area is 150 Å². The molecule has 7 heteroatoms. The van der Waals surface area contributed by atoms with E-state index < -0.39 is 0 Å². The molecular formula is C18H19N3O3S. The van der Waals surface area contributed by atoms with Gasteiger partial charge in [-0.3, -0.25) is 4.79 Å². The van der Waals surface area contributed by atoms with Gasteiger partial charge in [0.2, 0.25) is 17.6 Å². The summed E-state index contributed by atoms with van der Waals surface area (Å²) >= 11 is 1.79. The van der Waals surface area contributed by atoms with Crippen LogP contribution in [0.5, 0.6) is 0 Å². The van der Waals surface area contributed by atoms with Gasteiger partial charge in [0.05, 0.1) is 6.26 Å². The molecule has 0 fully saturated rings. The number of thioether (sulfide) groups is 1. The molecule has 0 aliphatic rings. The first-order chi connectivity index (χ1) is 12.3. The normalized spacial score (nSPS) is 10.7. The summed E-state index contributed by atoms with van der Waals surface area (Å²) in [6.45, 7) is 0.667. The highest BCUT2D eigenvalue weighted by Crippen LogP contribution is 2.17. The molecular weight excluding hydrogens is 338 g/mol. The number of furan rings is 1. The van der Waals surface area contributed by atoms with Gasteiger partial charge in [-0.05, 0) is 36.4 Å². The Kier molecular flexibility index (Phi) is 6.28. The molecule has 0 aliphatic heterocycles. The fourth-order valence-electron chi connectivity index (χ4n) is 2.18. The maximum atomic E-state index is 11.9. The van der Waals surface area contributed by atoms with E-state index in [-0.39, 0.29) is 5.91 Å². The zero-order chi connectivity index (χ0) is 17.3. The van der Waals surface area contributed by atoms with Crippen molar-refractivity contribution in [1.82, 2.24) is 15.5 Å². The van der Waals surface area contributed by atoms with E-state index >= 15 is 0 Å². The van der Waals surface area contributed by atoms with Gasteiger partial charge >= 0.3 is 0 Å². The number of carbonyl (C=O) groups is 1. The zero-order valence-corrected chi connectivity index (χ0v) is 14.5. The van der Waals surface area contributed by atoms with Crippen LogP contribution in [0.1, 0.15) is 18.7 Å². The number of nitrogens with zero attached hydrogens (tertiary/aromatic N) is 2. The third kappa shape index (κ3) is 5.49. The lowest BCUT2D eigenvalue weighted by atomic mass is 10.3. The predicted octanol–water partition coefficient (Wildman–Crippen LogP) is 3.56. The molecule has 0 saturated carbocycles. The Hall–Kier alpha value is -2.54. The first-order valence-electron chi connectivity index (χ1n) is 8.12. The Morgan fingerprint density at radius 3 is 2.84 bits per heavy atom. The second kappa shape index (κ2) is 9.08. The van der Waals surface area contributed by atoms with Crippen LogP contribution in [-0.2, 0) is 11.2 Å². The van der Waals surface area contributed by atoms with Crippen LogP contribution < -0.4 is 5.32 Å². The first-order valence-corrected chi connectivity index (χ1v) is 9.11. The van der Waals surface area contributed by atoms with E-state index in [0.29, 0.717) is 36.9 Å². The topological polar surface area (TPSA) is 81.2 Å². The molecule has 130 valence electrons. The fourth-order valence-corrected chi connectivity index (χ4v) is 3.05. The number of hydrogen-bond donors (Lipinski definition) is 1. The molecule has 0 saturated heterocycles. The van der Waals surface area contributed by atoms with Crippen molar-refractivity contribution in [2.75, 3.05) is 12.3 Å². The van der Waals surface area contributed by atoms with E-state index in [2.05, 4.69) is 27.6 Å². The van der Waals surface area contributed by atoms with Gasteiger partial charge in [0, 0.05) is 24.3 Å². The Morgan fingerprint density at radius 1 is 1.16 bits per heavy atom. The van der Waals surface area contributed by atoms with Gasteiger partial charge in [0.15, 0.2) is 5.76 Å². The van der Waals surface area contributed by atoms with Crippen molar-refractivity contribution in [1.29, 1.82) is 0 Å². The molecule has 3 rings (SSSR count). The van der Waals surface area contributed by atoms with E-state index in [1.54, 1.807) is 30.2 Å². The molecule has 0 bridgehead atoms. The standard InChI is InChI=1S/C18H19N3O3S/c22-16(19-11-5-13-25-14-6-2-1-3-7-14)9-10-17-20-18(21-24-17)15-8-4-12-23-15/h1-4,6-8,12H,5,9-11,13H2,(H,19,22). The fraction of sp³-hybridized carbons (Fsp3) is 0.278. The summed E-state index contributed by atoms with van der Waals surface area (Å²) in [6.07, 6.45) is 3.22. The average molecular weight is 357 g/mol. The smallest absolute Gasteiger partial charge is 0.238 e. The third-order valence-electron chi connectivity index (χ3n) is 3.43. The van der Waals surface area contributed by atoms with Gasteiger partial charge in [0.25, 0.3) is 0 Å². The van der Waals surface area contributed by atoms with Crippen molar-refractivity contribution >= 4 is 17.7 Å². The number of hydrogen-bond acceptors (Lipinski definition) is 6. The maximum absolute atomic E-state index is 11.9. The molecule has 1 aromatic carbocycles. The summed E-state index contributed by atoms with van der Waals surface area (Å²) < 4.78 is 10.3. The van der Waals surface area contributed by atoms with Crippen molar-refractivity contribution in [2.45, 2.75) is 24.2 Å². The summed E-state index contributed by atoms with van der Waals surface area (Å²) in [5.41, 5.74) is 0. The van der Waals surface area contributed by atoms with Crippen LogP contribution in [0.2, 0.25) is 0 Å². The van der Waals surface area contributed by atoms with E-state index in [1.165, 1.54) is 4.90 Å². The zero-order valence-electron chi connectivity index (χ0n) is 13.7. The summed E-state index contributed by atoms with van der Waals surface area (Å²) in [7, 11) is 0. The van der Waals surface area contributed by atoms with Crippen molar-refractivity contribution in [2.24, 2.45) is 0 Å². The SMILES string of the molecule is O=C(CCc1nc(-c2ccco2)no1)NCCCSc1ccccc1. The monoisotopic (exact) mass is 357 g/mol. The van der Waals surface area contributed by atoms with E-state index in [0.717, 1.165) is 12.2 Å². The van der Waals surface area contributed by atoms with Crippen LogP contribution in [0.15, 0.2) is 62.6 Å². The lowest BCUT2D eigenvalue weighted by molar-refractivity contribution is -0.121. The number of aromatic nitrogens is 2. The highest BCUT2D eigenvalue weighted by molar-refractivity contribution is 7.99. The van der Waals surface area contributed by atoms with Gasteiger partial charge in [-0.15, -0.1) is 11.8 Å². The Morgan fingerprint density at radius 2 is 2.04 bits per heavy atom. The molecule has 0 aliphatic carbocycles. The van der Waals surface area contributed by atoms with Gasteiger partial charge in [0.1, 0.15) is 0 Å². The highest BCUT2D eigenvalue weighted by atomic mass is 32.2. The summed E-state index contributed by atoms with van der Waals surface area (Å²) in [4.78, 5) is 17.3. The number of aryl methyl sites for hydroxylation is 1.